The van der Waals surface area contributed by atoms with Gasteiger partial charge >= 0.3 is 0 Å². The van der Waals surface area contributed by atoms with Gasteiger partial charge < -0.3 is 14.5 Å². The van der Waals surface area contributed by atoms with Crippen molar-refractivity contribution in [2.24, 2.45) is 5.92 Å². The molecular weight excluding hydrogens is 292 g/mol. The van der Waals surface area contributed by atoms with Crippen molar-refractivity contribution in [3.05, 3.63) is 53.7 Å². The highest BCUT2D eigenvalue weighted by atomic mass is 16.5. The van der Waals surface area contributed by atoms with Crippen LogP contribution in [0, 0.1) is 5.92 Å². The molecule has 1 saturated heterocycles. The minimum absolute atomic E-state index is 0.128. The smallest absolute Gasteiger partial charge is 0.273 e. The second kappa shape index (κ2) is 6.16. The fourth-order valence-electron chi connectivity index (χ4n) is 3.33. The molecule has 1 amide bonds. The molecule has 3 unspecified atom stereocenters. The zero-order valence-electron chi connectivity index (χ0n) is 12.9. The Hall–Kier alpha value is -2.14. The van der Waals surface area contributed by atoms with Gasteiger partial charge in [-0.05, 0) is 36.7 Å². The monoisotopic (exact) mass is 312 g/mol. The van der Waals surface area contributed by atoms with E-state index in [0.717, 1.165) is 19.3 Å². The molecule has 5 nitrogen and oxygen atoms in total. The first kappa shape index (κ1) is 14.5. The Labute approximate surface area is 135 Å². The molecule has 3 atom stereocenters. The maximum absolute atomic E-state index is 12.4. The lowest BCUT2D eigenvalue weighted by Gasteiger charge is -2.08. The lowest BCUT2D eigenvalue weighted by Crippen LogP contribution is -2.27. The van der Waals surface area contributed by atoms with Crippen LogP contribution in [-0.4, -0.2) is 24.0 Å². The summed E-state index contributed by atoms with van der Waals surface area (Å²) in [6.45, 7) is 1.39. The normalized spacial score (nSPS) is 26.2. The van der Waals surface area contributed by atoms with Crippen molar-refractivity contribution in [2.45, 2.75) is 31.3 Å². The number of carbonyl (C=O) groups is 1. The molecule has 2 aromatic rings. The number of benzene rings is 1. The quantitative estimate of drug-likeness (QED) is 0.921. The molecule has 0 radical (unpaired) electrons. The number of oxazole rings is 1. The Morgan fingerprint density at radius 2 is 2.17 bits per heavy atom. The Kier molecular flexibility index (Phi) is 3.87. The number of hydrogen-bond donors (Lipinski definition) is 1. The number of amides is 1. The molecule has 5 heteroatoms. The van der Waals surface area contributed by atoms with Crippen LogP contribution in [0.15, 0.2) is 41.1 Å². The highest BCUT2D eigenvalue weighted by molar-refractivity contribution is 5.93. The third-order valence-electron chi connectivity index (χ3n) is 4.71. The van der Waals surface area contributed by atoms with Crippen LogP contribution in [0.1, 0.15) is 53.1 Å². The summed E-state index contributed by atoms with van der Waals surface area (Å²) in [6.07, 6.45) is 4.20. The maximum atomic E-state index is 12.4. The van der Waals surface area contributed by atoms with Crippen LogP contribution in [0.3, 0.4) is 0 Å². The largest absolute Gasteiger partial charge is 0.445 e. The summed E-state index contributed by atoms with van der Waals surface area (Å²) in [5.41, 5.74) is 1.72. The summed E-state index contributed by atoms with van der Waals surface area (Å²) < 4.78 is 11.0. The molecule has 2 heterocycles. The van der Waals surface area contributed by atoms with E-state index in [0.29, 0.717) is 36.4 Å². The first-order valence-electron chi connectivity index (χ1n) is 8.21. The van der Waals surface area contributed by atoms with Crippen molar-refractivity contribution in [1.82, 2.24) is 10.3 Å². The van der Waals surface area contributed by atoms with Gasteiger partial charge in [-0.3, -0.25) is 4.79 Å². The standard InChI is InChI=1S/C18H20N2O3/c21-18(16-17(23-11-20-16)15-7-4-8-22-15)19-10-13-9-14(13)12-5-2-1-3-6-12/h1-3,5-6,11,13-15H,4,7-10H2,(H,19,21). The Bertz CT molecular complexity index is 677. The van der Waals surface area contributed by atoms with Gasteiger partial charge in [-0.25, -0.2) is 4.98 Å². The van der Waals surface area contributed by atoms with Gasteiger partial charge in [0, 0.05) is 13.2 Å². The summed E-state index contributed by atoms with van der Waals surface area (Å²) in [5, 5.41) is 2.99. The predicted molar refractivity (Wildman–Crippen MR) is 84.1 cm³/mol. The van der Waals surface area contributed by atoms with Crippen molar-refractivity contribution in [3.63, 3.8) is 0 Å². The Balaban J connectivity index is 1.34. The molecule has 1 aliphatic heterocycles. The van der Waals surface area contributed by atoms with Gasteiger partial charge in [0.2, 0.25) is 0 Å². The third-order valence-corrected chi connectivity index (χ3v) is 4.71. The molecule has 1 aliphatic carbocycles. The second-order valence-electron chi connectivity index (χ2n) is 6.29. The lowest BCUT2D eigenvalue weighted by atomic mass is 10.1. The maximum Gasteiger partial charge on any atom is 0.273 e. The van der Waals surface area contributed by atoms with Gasteiger partial charge in [-0.2, -0.15) is 0 Å². The third kappa shape index (κ3) is 3.01. The number of rotatable bonds is 5. The van der Waals surface area contributed by atoms with E-state index < -0.39 is 0 Å². The fraction of sp³-hybridized carbons (Fsp3) is 0.444. The van der Waals surface area contributed by atoms with E-state index in [1.807, 2.05) is 6.07 Å². The van der Waals surface area contributed by atoms with Crippen LogP contribution < -0.4 is 5.32 Å². The van der Waals surface area contributed by atoms with Crippen LogP contribution >= 0.6 is 0 Å². The summed E-state index contributed by atoms with van der Waals surface area (Å²) in [4.78, 5) is 16.4. The highest BCUT2D eigenvalue weighted by Gasteiger charge is 2.38. The van der Waals surface area contributed by atoms with Gasteiger partial charge in [0.1, 0.15) is 6.10 Å². The number of aromatic nitrogens is 1. The van der Waals surface area contributed by atoms with Gasteiger partial charge in [0.05, 0.1) is 0 Å². The molecule has 1 aromatic heterocycles. The Morgan fingerprint density at radius 3 is 2.96 bits per heavy atom. The topological polar surface area (TPSA) is 64.4 Å². The number of nitrogens with zero attached hydrogens (tertiary/aromatic N) is 1. The Morgan fingerprint density at radius 1 is 1.30 bits per heavy atom. The molecule has 4 rings (SSSR count). The van der Waals surface area contributed by atoms with Crippen molar-refractivity contribution < 1.29 is 13.9 Å². The molecule has 0 bridgehead atoms. The average Bonchev–Trinajstić information content (AvgIpc) is 2.99. The minimum atomic E-state index is -0.164. The van der Waals surface area contributed by atoms with Crippen molar-refractivity contribution in [3.8, 4) is 0 Å². The number of nitrogens with one attached hydrogen (secondary N) is 1. The zero-order valence-corrected chi connectivity index (χ0v) is 12.9. The predicted octanol–water partition coefficient (Wildman–Crippen LogP) is 3.06. The minimum Gasteiger partial charge on any atom is -0.445 e. The molecule has 1 N–H and O–H groups in total. The van der Waals surface area contributed by atoms with E-state index in [4.69, 9.17) is 9.15 Å². The zero-order chi connectivity index (χ0) is 15.6. The van der Waals surface area contributed by atoms with E-state index in [2.05, 4.69) is 34.6 Å². The molecule has 1 aromatic carbocycles. The van der Waals surface area contributed by atoms with Crippen molar-refractivity contribution in [2.75, 3.05) is 13.2 Å². The van der Waals surface area contributed by atoms with Crippen molar-refractivity contribution in [1.29, 1.82) is 0 Å². The lowest BCUT2D eigenvalue weighted by molar-refractivity contribution is 0.0860. The molecule has 120 valence electrons. The molecule has 23 heavy (non-hydrogen) atoms. The van der Waals surface area contributed by atoms with E-state index >= 15 is 0 Å². The average molecular weight is 312 g/mol. The van der Waals surface area contributed by atoms with Gasteiger partial charge in [0.25, 0.3) is 5.91 Å². The number of carbonyl (C=O) groups excluding carboxylic acids is 1. The number of hydrogen-bond acceptors (Lipinski definition) is 4. The van der Waals surface area contributed by atoms with Crippen LogP contribution in [-0.2, 0) is 4.74 Å². The highest BCUT2D eigenvalue weighted by Crippen LogP contribution is 2.46. The molecule has 0 spiro atoms. The van der Waals surface area contributed by atoms with Crippen molar-refractivity contribution >= 4 is 5.91 Å². The van der Waals surface area contributed by atoms with Gasteiger partial charge in [-0.15, -0.1) is 0 Å². The molecule has 2 fully saturated rings. The summed E-state index contributed by atoms with van der Waals surface area (Å²) >= 11 is 0. The SMILES string of the molecule is O=C(NCC1CC1c1ccccc1)c1ncoc1C1CCCO1. The van der Waals surface area contributed by atoms with E-state index in [-0.39, 0.29) is 12.0 Å². The summed E-state index contributed by atoms with van der Waals surface area (Å²) in [5.74, 6) is 1.48. The fourth-order valence-corrected chi connectivity index (χ4v) is 3.33. The van der Waals surface area contributed by atoms with Crippen LogP contribution in [0.5, 0.6) is 0 Å². The molecule has 2 aliphatic rings. The molecular formula is C18H20N2O3. The van der Waals surface area contributed by atoms with E-state index in [9.17, 15) is 4.79 Å². The first-order chi connectivity index (χ1) is 11.3. The first-order valence-corrected chi connectivity index (χ1v) is 8.21. The van der Waals surface area contributed by atoms with E-state index in [1.165, 1.54) is 12.0 Å². The second-order valence-corrected chi connectivity index (χ2v) is 6.29. The summed E-state index contributed by atoms with van der Waals surface area (Å²) in [6, 6.07) is 10.5. The van der Waals surface area contributed by atoms with Gasteiger partial charge in [-0.1, -0.05) is 30.3 Å². The van der Waals surface area contributed by atoms with E-state index in [1.54, 1.807) is 0 Å². The molecule has 1 saturated carbocycles. The van der Waals surface area contributed by atoms with Crippen LogP contribution in [0.25, 0.3) is 0 Å². The number of ether oxygens (including phenoxy) is 1. The van der Waals surface area contributed by atoms with Gasteiger partial charge in [0.15, 0.2) is 17.8 Å². The van der Waals surface area contributed by atoms with Crippen LogP contribution in [0.4, 0.5) is 0 Å². The van der Waals surface area contributed by atoms with Crippen LogP contribution in [0.2, 0.25) is 0 Å². The summed E-state index contributed by atoms with van der Waals surface area (Å²) in [7, 11) is 0.